The third-order valence-electron chi connectivity index (χ3n) is 5.34. The van der Waals surface area contributed by atoms with E-state index in [1.165, 1.54) is 6.42 Å². The number of benzene rings is 1. The van der Waals surface area contributed by atoms with Gasteiger partial charge in [0.05, 0.1) is 5.69 Å². The van der Waals surface area contributed by atoms with Crippen molar-refractivity contribution in [2.24, 2.45) is 11.8 Å². The number of nitrogens with one attached hydrogen (secondary N) is 3. The SMILES string of the molecule is O=C(N[C@H]1COc2ccccc2NC1=O)c1n[nH]c2c1C[C@@H]1CC1C2. The molecule has 0 bridgehead atoms. The molecule has 1 unspecified atom stereocenters. The molecule has 7 nitrogen and oxygen atoms in total. The second-order valence-corrected chi connectivity index (χ2v) is 7.02. The molecule has 5 rings (SSSR count). The molecule has 1 aliphatic heterocycles. The van der Waals surface area contributed by atoms with Crippen molar-refractivity contribution < 1.29 is 14.3 Å². The molecule has 2 aromatic rings. The summed E-state index contributed by atoms with van der Waals surface area (Å²) in [7, 11) is 0. The maximum atomic E-state index is 12.7. The molecule has 1 fully saturated rings. The van der Waals surface area contributed by atoms with Gasteiger partial charge in [0.15, 0.2) is 5.69 Å². The molecule has 1 aromatic heterocycles. The molecule has 1 aromatic carbocycles. The Morgan fingerprint density at radius 1 is 1.24 bits per heavy atom. The molecule has 2 heterocycles. The van der Waals surface area contributed by atoms with Crippen LogP contribution in [0.15, 0.2) is 24.3 Å². The van der Waals surface area contributed by atoms with E-state index >= 15 is 0 Å². The third kappa shape index (κ3) is 2.47. The highest BCUT2D eigenvalue weighted by Crippen LogP contribution is 2.48. The van der Waals surface area contributed by atoms with Gasteiger partial charge in [-0.25, -0.2) is 0 Å². The number of para-hydroxylation sites is 2. The summed E-state index contributed by atoms with van der Waals surface area (Å²) < 4.78 is 5.66. The standard InChI is InChI=1S/C18H18N4O3/c23-17-14(8-25-15-4-2-1-3-12(15)19-17)20-18(24)16-11-6-9-5-10(9)7-13(11)21-22-16/h1-4,9-10,14H,5-8H2,(H,19,23)(H,20,24)(H,21,22)/t9-,10?,14-/m0/s1. The van der Waals surface area contributed by atoms with Gasteiger partial charge in [-0.15, -0.1) is 0 Å². The van der Waals surface area contributed by atoms with E-state index in [1.807, 2.05) is 12.1 Å². The van der Waals surface area contributed by atoms with Gasteiger partial charge in [0.2, 0.25) is 0 Å². The highest BCUT2D eigenvalue weighted by atomic mass is 16.5. The number of carbonyl (C=O) groups excluding carboxylic acids is 2. The summed E-state index contributed by atoms with van der Waals surface area (Å²) in [6, 6.07) is 6.46. The third-order valence-corrected chi connectivity index (χ3v) is 5.34. The fraction of sp³-hybridized carbons (Fsp3) is 0.389. The van der Waals surface area contributed by atoms with Crippen LogP contribution < -0.4 is 15.4 Å². The van der Waals surface area contributed by atoms with Crippen molar-refractivity contribution in [1.82, 2.24) is 15.5 Å². The van der Waals surface area contributed by atoms with Crippen molar-refractivity contribution in [2.75, 3.05) is 11.9 Å². The maximum absolute atomic E-state index is 12.7. The van der Waals surface area contributed by atoms with Gasteiger partial charge < -0.3 is 15.4 Å². The number of hydrogen-bond donors (Lipinski definition) is 3. The second-order valence-electron chi connectivity index (χ2n) is 7.02. The normalized spacial score (nSPS) is 26.2. The topological polar surface area (TPSA) is 96.1 Å². The Hall–Kier alpha value is -2.83. The summed E-state index contributed by atoms with van der Waals surface area (Å²) in [6.45, 7) is 0.0892. The zero-order valence-corrected chi connectivity index (χ0v) is 13.5. The molecule has 1 saturated carbocycles. The van der Waals surface area contributed by atoms with Crippen LogP contribution in [0.1, 0.15) is 28.2 Å². The van der Waals surface area contributed by atoms with Crippen LogP contribution >= 0.6 is 0 Å². The largest absolute Gasteiger partial charge is 0.489 e. The number of ether oxygens (including phenoxy) is 1. The summed E-state index contributed by atoms with van der Waals surface area (Å²) in [4.78, 5) is 25.1. The van der Waals surface area contributed by atoms with E-state index in [0.717, 1.165) is 30.0 Å². The minimum Gasteiger partial charge on any atom is -0.489 e. The Labute approximate surface area is 144 Å². The first-order valence-electron chi connectivity index (χ1n) is 8.58. The van der Waals surface area contributed by atoms with Crippen LogP contribution in [0.2, 0.25) is 0 Å². The summed E-state index contributed by atoms with van der Waals surface area (Å²) in [5, 5.41) is 12.8. The van der Waals surface area contributed by atoms with Crippen LogP contribution in [0, 0.1) is 11.8 Å². The lowest BCUT2D eigenvalue weighted by molar-refractivity contribution is -0.118. The van der Waals surface area contributed by atoms with Gasteiger partial charge >= 0.3 is 0 Å². The van der Waals surface area contributed by atoms with Crippen molar-refractivity contribution in [3.63, 3.8) is 0 Å². The van der Waals surface area contributed by atoms with E-state index in [9.17, 15) is 9.59 Å². The van der Waals surface area contributed by atoms with Crippen molar-refractivity contribution in [1.29, 1.82) is 0 Å². The lowest BCUT2D eigenvalue weighted by atomic mass is 9.95. The van der Waals surface area contributed by atoms with E-state index in [0.29, 0.717) is 23.0 Å². The lowest BCUT2D eigenvalue weighted by Crippen LogP contribution is -2.46. The quantitative estimate of drug-likeness (QED) is 0.768. The number of rotatable bonds is 2. The first kappa shape index (κ1) is 14.5. The predicted molar refractivity (Wildman–Crippen MR) is 89.4 cm³/mol. The van der Waals surface area contributed by atoms with Crippen molar-refractivity contribution >= 4 is 17.5 Å². The number of fused-ring (bicyclic) bond motifs is 3. The van der Waals surface area contributed by atoms with Crippen molar-refractivity contribution in [3.8, 4) is 5.75 Å². The number of nitrogens with zero attached hydrogens (tertiary/aromatic N) is 1. The average molecular weight is 338 g/mol. The van der Waals surface area contributed by atoms with Gasteiger partial charge in [0.25, 0.3) is 11.8 Å². The first-order valence-corrected chi connectivity index (χ1v) is 8.58. The monoisotopic (exact) mass is 338 g/mol. The van der Waals surface area contributed by atoms with Gasteiger partial charge in [-0.1, -0.05) is 12.1 Å². The summed E-state index contributed by atoms with van der Waals surface area (Å²) in [6.07, 6.45) is 3.11. The maximum Gasteiger partial charge on any atom is 0.272 e. The lowest BCUT2D eigenvalue weighted by Gasteiger charge is -2.15. The smallest absolute Gasteiger partial charge is 0.272 e. The van der Waals surface area contributed by atoms with Crippen molar-refractivity contribution in [3.05, 3.63) is 41.2 Å². The average Bonchev–Trinajstić information content (AvgIpc) is 3.28. The molecule has 0 spiro atoms. The fourth-order valence-corrected chi connectivity index (χ4v) is 3.81. The zero-order chi connectivity index (χ0) is 17.0. The van der Waals surface area contributed by atoms with Gasteiger partial charge in [0.1, 0.15) is 18.4 Å². The van der Waals surface area contributed by atoms with E-state index < -0.39 is 6.04 Å². The fourth-order valence-electron chi connectivity index (χ4n) is 3.81. The van der Waals surface area contributed by atoms with Crippen LogP contribution in [0.4, 0.5) is 5.69 Å². The van der Waals surface area contributed by atoms with Crippen LogP contribution in [-0.4, -0.2) is 34.7 Å². The molecule has 0 radical (unpaired) electrons. The van der Waals surface area contributed by atoms with Crippen molar-refractivity contribution in [2.45, 2.75) is 25.3 Å². The van der Waals surface area contributed by atoms with Gasteiger partial charge in [-0.2, -0.15) is 5.10 Å². The number of anilines is 1. The number of carbonyl (C=O) groups is 2. The molecule has 3 atom stereocenters. The number of aromatic nitrogens is 2. The molecule has 3 aliphatic rings. The highest BCUT2D eigenvalue weighted by Gasteiger charge is 2.43. The van der Waals surface area contributed by atoms with E-state index in [-0.39, 0.29) is 18.4 Å². The minimum absolute atomic E-state index is 0.0892. The molecular formula is C18H18N4O3. The van der Waals surface area contributed by atoms with E-state index in [1.54, 1.807) is 12.1 Å². The summed E-state index contributed by atoms with van der Waals surface area (Å²) >= 11 is 0. The summed E-state index contributed by atoms with van der Waals surface area (Å²) in [5.74, 6) is 1.43. The number of H-pyrrole nitrogens is 1. The zero-order valence-electron chi connectivity index (χ0n) is 13.5. The second kappa shape index (κ2) is 5.34. The molecule has 0 saturated heterocycles. The first-order chi connectivity index (χ1) is 12.2. The van der Waals surface area contributed by atoms with Crippen LogP contribution in [-0.2, 0) is 17.6 Å². The highest BCUT2D eigenvalue weighted by molar-refractivity contribution is 6.02. The van der Waals surface area contributed by atoms with Crippen LogP contribution in [0.5, 0.6) is 5.75 Å². The van der Waals surface area contributed by atoms with E-state index in [4.69, 9.17) is 4.74 Å². The number of aromatic amines is 1. The Morgan fingerprint density at radius 2 is 2.08 bits per heavy atom. The van der Waals surface area contributed by atoms with Crippen LogP contribution in [0.25, 0.3) is 0 Å². The molecule has 128 valence electrons. The Bertz CT molecular complexity index is 875. The number of hydrogen-bond acceptors (Lipinski definition) is 4. The molecule has 7 heteroatoms. The minimum atomic E-state index is -0.760. The van der Waals surface area contributed by atoms with Gasteiger partial charge in [-0.3, -0.25) is 14.7 Å². The Kier molecular flexibility index (Phi) is 3.10. The van der Waals surface area contributed by atoms with E-state index in [2.05, 4.69) is 20.8 Å². The van der Waals surface area contributed by atoms with Crippen LogP contribution in [0.3, 0.4) is 0 Å². The Balaban J connectivity index is 1.33. The predicted octanol–water partition coefficient (Wildman–Crippen LogP) is 1.27. The molecule has 3 N–H and O–H groups in total. The molecule has 2 aliphatic carbocycles. The molecule has 2 amide bonds. The van der Waals surface area contributed by atoms with Gasteiger partial charge in [0, 0.05) is 11.3 Å². The molecular weight excluding hydrogens is 320 g/mol. The number of amides is 2. The molecule has 25 heavy (non-hydrogen) atoms. The summed E-state index contributed by atoms with van der Waals surface area (Å²) in [5.41, 5.74) is 3.10. The Morgan fingerprint density at radius 3 is 3.00 bits per heavy atom. The van der Waals surface area contributed by atoms with Gasteiger partial charge in [-0.05, 0) is 43.2 Å².